The molecule has 7 heteroatoms. The van der Waals surface area contributed by atoms with E-state index >= 15 is 0 Å². The first-order valence-corrected chi connectivity index (χ1v) is 10.2. The van der Waals surface area contributed by atoms with Crippen LogP contribution in [0.2, 0.25) is 0 Å². The maximum Gasteiger partial charge on any atom is 0.223 e. The molecule has 1 amide bonds. The van der Waals surface area contributed by atoms with E-state index < -0.39 is 11.6 Å². The number of nitrogens with one attached hydrogen (secondary N) is 1. The number of hydrogen-bond donors (Lipinski definition) is 1. The fourth-order valence-corrected chi connectivity index (χ4v) is 4.62. The molecule has 0 radical (unpaired) electrons. The molecule has 1 saturated heterocycles. The molecule has 3 aromatic rings. The van der Waals surface area contributed by atoms with Gasteiger partial charge in [-0.1, -0.05) is 23.5 Å². The van der Waals surface area contributed by atoms with Gasteiger partial charge in [0.2, 0.25) is 5.91 Å². The maximum atomic E-state index is 13.7. The van der Waals surface area contributed by atoms with Gasteiger partial charge in [-0.15, -0.1) is 0 Å². The molecular weight excluding hydrogens is 380 g/mol. The molecule has 1 aliphatic heterocycles. The summed E-state index contributed by atoms with van der Waals surface area (Å²) in [6, 6.07) is 9.94. The van der Waals surface area contributed by atoms with Gasteiger partial charge in [-0.3, -0.25) is 4.79 Å². The number of aryl methyl sites for hydroxylation is 1. The Morgan fingerprint density at radius 1 is 1.21 bits per heavy atom. The van der Waals surface area contributed by atoms with Crippen molar-refractivity contribution in [2.75, 3.05) is 18.0 Å². The highest BCUT2D eigenvalue weighted by molar-refractivity contribution is 7.22. The van der Waals surface area contributed by atoms with Crippen LogP contribution in [0.15, 0.2) is 36.4 Å². The van der Waals surface area contributed by atoms with E-state index in [2.05, 4.69) is 29.3 Å². The van der Waals surface area contributed by atoms with Gasteiger partial charge in [0.1, 0.15) is 11.6 Å². The van der Waals surface area contributed by atoms with E-state index in [0.29, 0.717) is 12.8 Å². The Bertz CT molecular complexity index is 992. The summed E-state index contributed by atoms with van der Waals surface area (Å²) in [7, 11) is 0. The molecule has 4 nitrogen and oxygen atoms in total. The van der Waals surface area contributed by atoms with Crippen LogP contribution in [0.1, 0.15) is 24.0 Å². The molecule has 2 aromatic carbocycles. The van der Waals surface area contributed by atoms with Crippen molar-refractivity contribution >= 4 is 32.6 Å². The van der Waals surface area contributed by atoms with Crippen molar-refractivity contribution in [3.05, 3.63) is 59.2 Å². The first-order valence-electron chi connectivity index (χ1n) is 9.34. The average Bonchev–Trinajstić information content (AvgIpc) is 3.10. The van der Waals surface area contributed by atoms with Gasteiger partial charge in [0.05, 0.1) is 10.2 Å². The molecule has 0 atom stereocenters. The van der Waals surface area contributed by atoms with E-state index in [4.69, 9.17) is 4.98 Å². The second-order valence-electron chi connectivity index (χ2n) is 7.15. The number of hydrogen-bond acceptors (Lipinski definition) is 4. The molecule has 0 unspecified atom stereocenters. The molecule has 1 aromatic heterocycles. The van der Waals surface area contributed by atoms with Crippen LogP contribution in [-0.2, 0) is 11.3 Å². The number of carbonyl (C=O) groups is 1. The van der Waals surface area contributed by atoms with Crippen molar-refractivity contribution in [2.24, 2.45) is 5.92 Å². The second kappa shape index (κ2) is 7.83. The number of halogens is 2. The zero-order valence-corrected chi connectivity index (χ0v) is 16.4. The third kappa shape index (κ3) is 3.85. The van der Waals surface area contributed by atoms with E-state index in [1.54, 1.807) is 11.3 Å². The van der Waals surface area contributed by atoms with Crippen LogP contribution in [0.3, 0.4) is 0 Å². The van der Waals surface area contributed by atoms with Crippen molar-refractivity contribution in [1.82, 2.24) is 10.3 Å². The molecule has 0 aliphatic carbocycles. The fourth-order valence-electron chi connectivity index (χ4n) is 3.51. The van der Waals surface area contributed by atoms with Gasteiger partial charge in [-0.25, -0.2) is 13.8 Å². The number of thiazole rings is 1. The van der Waals surface area contributed by atoms with Crippen molar-refractivity contribution in [3.8, 4) is 0 Å². The summed E-state index contributed by atoms with van der Waals surface area (Å²) >= 11 is 1.67. The van der Waals surface area contributed by atoms with E-state index in [1.807, 2.05) is 6.07 Å². The summed E-state index contributed by atoms with van der Waals surface area (Å²) in [6.45, 7) is 3.42. The average molecular weight is 401 g/mol. The van der Waals surface area contributed by atoms with E-state index in [-0.39, 0.29) is 23.9 Å². The lowest BCUT2D eigenvalue weighted by molar-refractivity contribution is -0.125. The molecule has 0 spiro atoms. The summed E-state index contributed by atoms with van der Waals surface area (Å²) in [5.74, 6) is -1.58. The number of nitrogens with zero attached hydrogens (tertiary/aromatic N) is 2. The van der Waals surface area contributed by atoms with Crippen molar-refractivity contribution in [3.63, 3.8) is 0 Å². The number of anilines is 1. The maximum absolute atomic E-state index is 13.7. The standard InChI is InChI=1S/C21H21F2N3OS/c1-13-5-6-18-19(11-13)28-21(25-18)26-9-7-14(8-10-26)20(27)24-12-15-16(22)3-2-4-17(15)23/h2-6,11,14H,7-10,12H2,1H3,(H,24,27). The third-order valence-corrected chi connectivity index (χ3v) is 6.25. The van der Waals surface area contributed by atoms with E-state index in [0.717, 1.165) is 23.7 Å². The molecular formula is C21H21F2N3OS. The third-order valence-electron chi connectivity index (χ3n) is 5.17. The van der Waals surface area contributed by atoms with Gasteiger partial charge in [0.25, 0.3) is 0 Å². The number of piperidine rings is 1. The Hall–Kier alpha value is -2.54. The predicted octanol–water partition coefficient (Wildman–Crippen LogP) is 4.42. The smallest absolute Gasteiger partial charge is 0.223 e. The summed E-state index contributed by atoms with van der Waals surface area (Å²) in [6.07, 6.45) is 1.39. The van der Waals surface area contributed by atoms with Gasteiger partial charge in [-0.2, -0.15) is 0 Å². The predicted molar refractivity (Wildman–Crippen MR) is 107 cm³/mol. The van der Waals surface area contributed by atoms with Crippen LogP contribution in [0, 0.1) is 24.5 Å². The van der Waals surface area contributed by atoms with Crippen LogP contribution in [0.25, 0.3) is 10.2 Å². The summed E-state index contributed by atoms with van der Waals surface area (Å²) < 4.78 is 28.6. The molecule has 28 heavy (non-hydrogen) atoms. The Morgan fingerprint density at radius 3 is 2.64 bits per heavy atom. The number of amides is 1. The van der Waals surface area contributed by atoms with Crippen LogP contribution in [0.4, 0.5) is 13.9 Å². The molecule has 1 N–H and O–H groups in total. The number of fused-ring (bicyclic) bond motifs is 1. The largest absolute Gasteiger partial charge is 0.352 e. The van der Waals surface area contributed by atoms with Crippen molar-refractivity contribution < 1.29 is 13.6 Å². The molecule has 4 rings (SSSR count). The molecule has 1 aliphatic rings. The van der Waals surface area contributed by atoms with Gasteiger partial charge in [0.15, 0.2) is 5.13 Å². The van der Waals surface area contributed by atoms with Gasteiger partial charge in [0, 0.05) is 31.1 Å². The summed E-state index contributed by atoms with van der Waals surface area (Å²) in [4.78, 5) is 19.3. The zero-order chi connectivity index (χ0) is 19.7. The molecule has 1 fully saturated rings. The SMILES string of the molecule is Cc1ccc2nc(N3CCC(C(=O)NCc4c(F)cccc4F)CC3)sc2c1. The minimum absolute atomic E-state index is 0.0990. The fraction of sp³-hybridized carbons (Fsp3) is 0.333. The van der Waals surface area contributed by atoms with Gasteiger partial charge >= 0.3 is 0 Å². The van der Waals surface area contributed by atoms with Crippen LogP contribution in [-0.4, -0.2) is 24.0 Å². The number of rotatable bonds is 4. The first-order chi connectivity index (χ1) is 13.5. The lowest BCUT2D eigenvalue weighted by Gasteiger charge is -2.31. The van der Waals surface area contributed by atoms with Crippen LogP contribution in [0.5, 0.6) is 0 Å². The molecule has 2 heterocycles. The topological polar surface area (TPSA) is 45.2 Å². The minimum atomic E-state index is -0.638. The zero-order valence-electron chi connectivity index (χ0n) is 15.5. The number of benzene rings is 2. The highest BCUT2D eigenvalue weighted by Crippen LogP contribution is 2.32. The van der Waals surface area contributed by atoms with Gasteiger partial charge in [-0.05, 0) is 49.6 Å². The van der Waals surface area contributed by atoms with Gasteiger partial charge < -0.3 is 10.2 Å². The Kier molecular flexibility index (Phi) is 5.26. The summed E-state index contributed by atoms with van der Waals surface area (Å²) in [5, 5.41) is 3.66. The highest BCUT2D eigenvalue weighted by Gasteiger charge is 2.26. The molecule has 0 saturated carbocycles. The normalized spacial score (nSPS) is 15.2. The first kappa shape index (κ1) is 18.8. The molecule has 146 valence electrons. The van der Waals surface area contributed by atoms with Crippen LogP contribution < -0.4 is 10.2 Å². The highest BCUT2D eigenvalue weighted by atomic mass is 32.1. The van der Waals surface area contributed by atoms with E-state index in [1.165, 1.54) is 28.5 Å². The minimum Gasteiger partial charge on any atom is -0.352 e. The van der Waals surface area contributed by atoms with Crippen molar-refractivity contribution in [2.45, 2.75) is 26.3 Å². The number of aromatic nitrogens is 1. The Morgan fingerprint density at radius 2 is 1.93 bits per heavy atom. The van der Waals surface area contributed by atoms with E-state index in [9.17, 15) is 13.6 Å². The molecule has 0 bridgehead atoms. The lowest BCUT2D eigenvalue weighted by atomic mass is 9.96. The number of carbonyl (C=O) groups excluding carboxylic acids is 1. The monoisotopic (exact) mass is 401 g/mol. The van der Waals surface area contributed by atoms with Crippen LogP contribution >= 0.6 is 11.3 Å². The Labute approximate surface area is 166 Å². The second-order valence-corrected chi connectivity index (χ2v) is 8.16. The summed E-state index contributed by atoms with van der Waals surface area (Å²) in [5.41, 5.74) is 2.11. The lowest BCUT2D eigenvalue weighted by Crippen LogP contribution is -2.40. The Balaban J connectivity index is 1.34. The van der Waals surface area contributed by atoms with Crippen molar-refractivity contribution in [1.29, 1.82) is 0 Å². The quantitative estimate of drug-likeness (QED) is 0.704.